The van der Waals surface area contributed by atoms with Crippen LogP contribution in [0.15, 0.2) is 36.4 Å². The van der Waals surface area contributed by atoms with E-state index in [0.717, 1.165) is 6.07 Å². The molecule has 7 heteroatoms. The quantitative estimate of drug-likeness (QED) is 0.687. The molecule has 0 aliphatic rings. The molecule has 0 atom stereocenters. The van der Waals surface area contributed by atoms with E-state index in [9.17, 15) is 14.5 Å². The van der Waals surface area contributed by atoms with Crippen LogP contribution in [0.25, 0.3) is 0 Å². The summed E-state index contributed by atoms with van der Waals surface area (Å²) >= 11 is 5.72. The second-order valence-electron chi connectivity index (χ2n) is 4.19. The van der Waals surface area contributed by atoms with E-state index in [1.54, 1.807) is 0 Å². The molecule has 21 heavy (non-hydrogen) atoms. The van der Waals surface area contributed by atoms with E-state index < -0.39 is 10.7 Å². The minimum absolute atomic E-state index is 0.0658. The van der Waals surface area contributed by atoms with Crippen molar-refractivity contribution < 1.29 is 9.31 Å². The molecular formula is C14H9ClFN3O2. The van der Waals surface area contributed by atoms with Crippen molar-refractivity contribution in [3.8, 4) is 6.07 Å². The van der Waals surface area contributed by atoms with Gasteiger partial charge in [0.2, 0.25) is 0 Å². The highest BCUT2D eigenvalue weighted by molar-refractivity contribution is 6.30. The lowest BCUT2D eigenvalue weighted by Gasteiger charge is -2.08. The fraction of sp³-hybridized carbons (Fsp3) is 0.0714. The van der Waals surface area contributed by atoms with Gasteiger partial charge in [-0.2, -0.15) is 5.26 Å². The third-order valence-corrected chi connectivity index (χ3v) is 3.05. The number of nitriles is 1. The molecule has 2 rings (SSSR count). The molecule has 2 aromatic rings. The molecule has 106 valence electrons. The molecule has 0 fully saturated rings. The van der Waals surface area contributed by atoms with Gasteiger partial charge in [0.1, 0.15) is 5.82 Å². The molecule has 0 radical (unpaired) electrons. The minimum atomic E-state index is -0.592. The Balaban J connectivity index is 2.21. The first-order valence-corrected chi connectivity index (χ1v) is 6.25. The number of nitrogens with zero attached hydrogens (tertiary/aromatic N) is 2. The van der Waals surface area contributed by atoms with Gasteiger partial charge in [-0.1, -0.05) is 11.6 Å². The van der Waals surface area contributed by atoms with Gasteiger partial charge in [-0.3, -0.25) is 10.1 Å². The van der Waals surface area contributed by atoms with Crippen LogP contribution in [0.2, 0.25) is 5.02 Å². The smallest absolute Gasteiger partial charge is 0.275 e. The number of anilines is 1. The number of nitro groups is 1. The largest absolute Gasteiger partial charge is 0.378 e. The molecule has 0 bridgehead atoms. The maximum absolute atomic E-state index is 13.7. The highest BCUT2D eigenvalue weighted by atomic mass is 35.5. The summed E-state index contributed by atoms with van der Waals surface area (Å²) in [6, 6.07) is 10.1. The molecule has 0 saturated carbocycles. The molecule has 5 nitrogen and oxygen atoms in total. The topological polar surface area (TPSA) is 79.0 Å². The summed E-state index contributed by atoms with van der Waals surface area (Å²) in [6.45, 7) is 0.0658. The zero-order valence-electron chi connectivity index (χ0n) is 10.6. The first kappa shape index (κ1) is 14.8. The number of hydrogen-bond acceptors (Lipinski definition) is 4. The Hall–Kier alpha value is -2.65. The predicted molar refractivity (Wildman–Crippen MR) is 76.5 cm³/mol. The second kappa shape index (κ2) is 6.20. The van der Waals surface area contributed by atoms with Crippen molar-refractivity contribution in [2.24, 2.45) is 0 Å². The monoisotopic (exact) mass is 305 g/mol. The summed E-state index contributed by atoms with van der Waals surface area (Å²) in [5, 5.41) is 22.6. The summed E-state index contributed by atoms with van der Waals surface area (Å²) in [5.41, 5.74) is 0.617. The van der Waals surface area contributed by atoms with E-state index in [0.29, 0.717) is 5.56 Å². The van der Waals surface area contributed by atoms with Crippen molar-refractivity contribution in [2.75, 3.05) is 5.32 Å². The summed E-state index contributed by atoms with van der Waals surface area (Å²) in [5.74, 6) is -0.592. The normalized spacial score (nSPS) is 9.95. The molecule has 0 unspecified atom stereocenters. The molecule has 0 spiro atoms. The van der Waals surface area contributed by atoms with Crippen LogP contribution in [-0.4, -0.2) is 4.92 Å². The Morgan fingerprint density at radius 1 is 1.33 bits per heavy atom. The van der Waals surface area contributed by atoms with E-state index in [2.05, 4.69) is 5.32 Å². The molecule has 0 saturated heterocycles. The molecule has 0 amide bonds. The van der Waals surface area contributed by atoms with Crippen LogP contribution < -0.4 is 5.32 Å². The van der Waals surface area contributed by atoms with Crippen molar-refractivity contribution in [3.63, 3.8) is 0 Å². The Kier molecular flexibility index (Phi) is 4.36. The molecule has 2 aromatic carbocycles. The third-order valence-electron chi connectivity index (χ3n) is 2.81. The van der Waals surface area contributed by atoms with E-state index >= 15 is 0 Å². The Morgan fingerprint density at radius 3 is 2.71 bits per heavy atom. The molecule has 0 heterocycles. The summed E-state index contributed by atoms with van der Waals surface area (Å²) in [6.07, 6.45) is 0. The molecule has 0 aliphatic heterocycles. The molecule has 1 N–H and O–H groups in total. The van der Waals surface area contributed by atoms with Gasteiger partial charge in [0.25, 0.3) is 5.69 Å². The van der Waals surface area contributed by atoms with Crippen molar-refractivity contribution >= 4 is 23.0 Å². The Morgan fingerprint density at radius 2 is 2.10 bits per heavy atom. The third kappa shape index (κ3) is 3.46. The van der Waals surface area contributed by atoms with Crippen LogP contribution >= 0.6 is 11.6 Å². The zero-order chi connectivity index (χ0) is 15.4. The van der Waals surface area contributed by atoms with Gasteiger partial charge in [0, 0.05) is 23.2 Å². The molecule has 0 aliphatic carbocycles. The van der Waals surface area contributed by atoms with Crippen molar-refractivity contribution in [1.82, 2.24) is 0 Å². The molecular weight excluding hydrogens is 297 g/mol. The number of benzene rings is 2. The van der Waals surface area contributed by atoms with Gasteiger partial charge in [-0.25, -0.2) is 4.39 Å². The van der Waals surface area contributed by atoms with E-state index in [1.807, 2.05) is 6.07 Å². The van der Waals surface area contributed by atoms with Gasteiger partial charge >= 0.3 is 0 Å². The van der Waals surface area contributed by atoms with Gasteiger partial charge in [0.05, 0.1) is 22.2 Å². The van der Waals surface area contributed by atoms with Gasteiger partial charge in [0.15, 0.2) is 0 Å². The summed E-state index contributed by atoms with van der Waals surface area (Å²) in [4.78, 5) is 10.4. The van der Waals surface area contributed by atoms with Gasteiger partial charge < -0.3 is 5.32 Å². The first-order valence-electron chi connectivity index (χ1n) is 5.87. The summed E-state index contributed by atoms with van der Waals surface area (Å²) in [7, 11) is 0. The fourth-order valence-electron chi connectivity index (χ4n) is 1.77. The maximum Gasteiger partial charge on any atom is 0.275 e. The van der Waals surface area contributed by atoms with Gasteiger partial charge in [-0.05, 0) is 30.3 Å². The highest BCUT2D eigenvalue weighted by Crippen LogP contribution is 2.24. The van der Waals surface area contributed by atoms with Crippen LogP contribution in [0.1, 0.15) is 11.1 Å². The van der Waals surface area contributed by atoms with Crippen LogP contribution in [0, 0.1) is 27.3 Å². The van der Waals surface area contributed by atoms with Crippen LogP contribution in [-0.2, 0) is 6.54 Å². The first-order chi connectivity index (χ1) is 10.0. The molecule has 0 aromatic heterocycles. The van der Waals surface area contributed by atoms with E-state index in [4.69, 9.17) is 16.9 Å². The lowest BCUT2D eigenvalue weighted by atomic mass is 10.1. The number of halogens is 2. The van der Waals surface area contributed by atoms with Crippen molar-refractivity contribution in [1.29, 1.82) is 5.26 Å². The van der Waals surface area contributed by atoms with Crippen molar-refractivity contribution in [2.45, 2.75) is 6.54 Å². The lowest BCUT2D eigenvalue weighted by Crippen LogP contribution is -2.04. The van der Waals surface area contributed by atoms with E-state index in [-0.39, 0.29) is 28.5 Å². The van der Waals surface area contributed by atoms with Crippen LogP contribution in [0.3, 0.4) is 0 Å². The lowest BCUT2D eigenvalue weighted by molar-refractivity contribution is -0.385. The fourth-order valence-corrected chi connectivity index (χ4v) is 1.94. The minimum Gasteiger partial charge on any atom is -0.378 e. The Labute approximate surface area is 124 Å². The SMILES string of the molecule is N#Cc1ccc(NCc2ccc(Cl)cc2[N+](=O)[O-])c(F)c1. The number of nitro benzene ring substituents is 1. The average Bonchev–Trinajstić information content (AvgIpc) is 2.46. The zero-order valence-corrected chi connectivity index (χ0v) is 11.4. The standard InChI is InChI=1S/C14H9ClFN3O2/c15-11-3-2-10(14(6-11)19(20)21)8-18-13-4-1-9(7-17)5-12(13)16/h1-6,18H,8H2. The predicted octanol–water partition coefficient (Wildman–Crippen LogP) is 3.87. The van der Waals surface area contributed by atoms with Crippen molar-refractivity contribution in [3.05, 3.63) is 68.5 Å². The average molecular weight is 306 g/mol. The van der Waals surface area contributed by atoms with E-state index in [1.165, 1.54) is 30.3 Å². The maximum atomic E-state index is 13.7. The highest BCUT2D eigenvalue weighted by Gasteiger charge is 2.14. The Bertz CT molecular complexity index is 743. The second-order valence-corrected chi connectivity index (χ2v) is 4.63. The number of hydrogen-bond donors (Lipinski definition) is 1. The van der Waals surface area contributed by atoms with Crippen LogP contribution in [0.5, 0.6) is 0 Å². The summed E-state index contributed by atoms with van der Waals surface area (Å²) < 4.78 is 13.7. The van der Waals surface area contributed by atoms with Crippen LogP contribution in [0.4, 0.5) is 15.8 Å². The number of nitrogens with one attached hydrogen (secondary N) is 1. The number of rotatable bonds is 4. The van der Waals surface area contributed by atoms with Gasteiger partial charge in [-0.15, -0.1) is 0 Å².